The van der Waals surface area contributed by atoms with E-state index >= 15 is 0 Å². The van der Waals surface area contributed by atoms with Gasteiger partial charge in [0.25, 0.3) is 5.89 Å². The number of halogens is 1. The molecule has 0 aliphatic carbocycles. The van der Waals surface area contributed by atoms with E-state index in [9.17, 15) is 5.11 Å². The predicted molar refractivity (Wildman–Crippen MR) is 88.1 cm³/mol. The minimum absolute atomic E-state index is 0.0467. The van der Waals surface area contributed by atoms with E-state index in [-0.39, 0.29) is 16.0 Å². The van der Waals surface area contributed by atoms with E-state index in [1.807, 2.05) is 23.5 Å². The molecule has 0 spiro atoms. The first-order valence-electron chi connectivity index (χ1n) is 6.74. The van der Waals surface area contributed by atoms with Gasteiger partial charge >= 0.3 is 0 Å². The summed E-state index contributed by atoms with van der Waals surface area (Å²) in [7, 11) is 0. The normalized spacial score (nSPS) is 22.4. The Labute approximate surface area is 136 Å². The van der Waals surface area contributed by atoms with Crippen molar-refractivity contribution in [2.24, 2.45) is 0 Å². The van der Waals surface area contributed by atoms with Crippen molar-refractivity contribution in [3.05, 3.63) is 29.0 Å². The number of hydrogen-bond acceptors (Lipinski definition) is 6. The zero-order valence-corrected chi connectivity index (χ0v) is 13.8. The highest BCUT2D eigenvalue weighted by molar-refractivity contribution is 8.06. The molecule has 2 aromatic rings. The minimum atomic E-state index is 0.0467. The molecule has 0 saturated carbocycles. The highest BCUT2D eigenvalue weighted by Gasteiger charge is 2.30. The van der Waals surface area contributed by atoms with E-state index in [4.69, 9.17) is 16.1 Å². The molecule has 1 aliphatic heterocycles. The van der Waals surface area contributed by atoms with E-state index in [0.717, 1.165) is 23.6 Å². The van der Waals surface area contributed by atoms with Gasteiger partial charge in [0.05, 0.1) is 10.3 Å². The lowest BCUT2D eigenvalue weighted by Crippen LogP contribution is -2.19. The molecule has 2 heterocycles. The Morgan fingerprint density at radius 1 is 1.38 bits per heavy atom. The maximum absolute atomic E-state index is 9.46. The second kappa shape index (κ2) is 6.50. The first-order chi connectivity index (χ1) is 10.2. The van der Waals surface area contributed by atoms with Crippen molar-refractivity contribution in [2.75, 3.05) is 11.5 Å². The monoisotopic (exact) mass is 342 g/mol. The summed E-state index contributed by atoms with van der Waals surface area (Å²) < 4.78 is 5.37. The number of hydrogen-bond donors (Lipinski definition) is 1. The average Bonchev–Trinajstić information content (AvgIpc) is 2.99. The van der Waals surface area contributed by atoms with Crippen LogP contribution in [0, 0.1) is 0 Å². The van der Waals surface area contributed by atoms with Crippen LogP contribution in [0.15, 0.2) is 22.7 Å². The molecule has 1 fully saturated rings. The quantitative estimate of drug-likeness (QED) is 0.892. The van der Waals surface area contributed by atoms with E-state index in [1.165, 1.54) is 11.8 Å². The van der Waals surface area contributed by atoms with Crippen LogP contribution >= 0.6 is 35.1 Å². The zero-order valence-electron chi connectivity index (χ0n) is 11.5. The molecule has 2 atom stereocenters. The van der Waals surface area contributed by atoms with Gasteiger partial charge in [-0.3, -0.25) is 0 Å². The van der Waals surface area contributed by atoms with Crippen LogP contribution in [0.4, 0.5) is 0 Å². The molecule has 0 radical (unpaired) electrons. The number of phenols is 1. The molecule has 1 aliphatic rings. The van der Waals surface area contributed by atoms with Gasteiger partial charge in [0.2, 0.25) is 0 Å². The third kappa shape index (κ3) is 3.17. The van der Waals surface area contributed by atoms with Gasteiger partial charge in [0.15, 0.2) is 5.82 Å². The van der Waals surface area contributed by atoms with Crippen molar-refractivity contribution in [3.8, 4) is 17.2 Å². The first kappa shape index (κ1) is 15.1. The fourth-order valence-electron chi connectivity index (χ4n) is 2.25. The third-order valence-corrected chi connectivity index (χ3v) is 6.89. The van der Waals surface area contributed by atoms with Gasteiger partial charge in [-0.2, -0.15) is 16.7 Å². The standard InChI is InChI=1S/C14H15ClN2O2S2/c1-2-11-12(21-6-5-20-11)13-16-14(19-17-13)8-3-4-10(18)9(15)7-8/h3-4,7,11-12,18H,2,5-6H2,1H3. The Kier molecular flexibility index (Phi) is 4.66. The molecular weight excluding hydrogens is 328 g/mol. The molecule has 1 N–H and O–H groups in total. The van der Waals surface area contributed by atoms with Crippen LogP contribution in [0.1, 0.15) is 24.4 Å². The number of thioether (sulfide) groups is 2. The molecule has 4 nitrogen and oxygen atoms in total. The number of nitrogens with zero attached hydrogens (tertiary/aromatic N) is 2. The Morgan fingerprint density at radius 2 is 2.19 bits per heavy atom. The molecule has 1 saturated heterocycles. The molecule has 3 rings (SSSR count). The first-order valence-corrected chi connectivity index (χ1v) is 9.22. The summed E-state index contributed by atoms with van der Waals surface area (Å²) in [5.41, 5.74) is 0.720. The van der Waals surface area contributed by atoms with Crippen LogP contribution in [0.5, 0.6) is 5.75 Å². The smallest absolute Gasteiger partial charge is 0.258 e. The molecule has 0 bridgehead atoms. The zero-order chi connectivity index (χ0) is 14.8. The summed E-state index contributed by atoms with van der Waals surface area (Å²) in [6.07, 6.45) is 1.09. The van der Waals surface area contributed by atoms with Gasteiger partial charge in [0.1, 0.15) is 5.75 Å². The lowest BCUT2D eigenvalue weighted by molar-refractivity contribution is 0.421. The van der Waals surface area contributed by atoms with Crippen LogP contribution in [0.25, 0.3) is 11.5 Å². The van der Waals surface area contributed by atoms with E-state index < -0.39 is 0 Å². The van der Waals surface area contributed by atoms with Crippen molar-refractivity contribution in [1.29, 1.82) is 0 Å². The minimum Gasteiger partial charge on any atom is -0.506 e. The average molecular weight is 343 g/mol. The van der Waals surface area contributed by atoms with E-state index in [2.05, 4.69) is 17.1 Å². The predicted octanol–water partition coefficient (Wildman–Crippen LogP) is 4.40. The van der Waals surface area contributed by atoms with Crippen molar-refractivity contribution >= 4 is 35.1 Å². The Balaban J connectivity index is 1.86. The SMILES string of the molecule is CCC1SCCSC1c1noc(-c2ccc(O)c(Cl)c2)n1. The highest BCUT2D eigenvalue weighted by Crippen LogP contribution is 2.43. The third-order valence-electron chi connectivity index (χ3n) is 3.34. The summed E-state index contributed by atoms with van der Waals surface area (Å²) >= 11 is 9.79. The number of rotatable bonds is 3. The number of benzene rings is 1. The maximum Gasteiger partial charge on any atom is 0.258 e. The van der Waals surface area contributed by atoms with Gasteiger partial charge in [-0.05, 0) is 24.6 Å². The van der Waals surface area contributed by atoms with Crippen molar-refractivity contribution in [3.63, 3.8) is 0 Å². The van der Waals surface area contributed by atoms with Crippen LogP contribution in [-0.4, -0.2) is 32.0 Å². The second-order valence-electron chi connectivity index (χ2n) is 4.73. The van der Waals surface area contributed by atoms with Gasteiger partial charge < -0.3 is 9.63 Å². The Morgan fingerprint density at radius 3 is 2.95 bits per heavy atom. The van der Waals surface area contributed by atoms with Crippen LogP contribution in [0.3, 0.4) is 0 Å². The van der Waals surface area contributed by atoms with Gasteiger partial charge in [0, 0.05) is 22.3 Å². The fourth-order valence-corrected chi connectivity index (χ4v) is 5.41. The van der Waals surface area contributed by atoms with Crippen LogP contribution in [-0.2, 0) is 0 Å². The fraction of sp³-hybridized carbons (Fsp3) is 0.429. The summed E-state index contributed by atoms with van der Waals surface area (Å²) in [4.78, 5) is 4.52. The Hall–Kier alpha value is -0.850. The molecule has 2 unspecified atom stereocenters. The molecular formula is C14H15ClN2O2S2. The largest absolute Gasteiger partial charge is 0.506 e. The summed E-state index contributed by atoms with van der Waals surface area (Å²) in [6, 6.07) is 4.88. The molecule has 112 valence electrons. The summed E-state index contributed by atoms with van der Waals surface area (Å²) in [5.74, 6) is 3.53. The van der Waals surface area contributed by atoms with Gasteiger partial charge in [-0.25, -0.2) is 0 Å². The number of aromatic hydroxyl groups is 1. The lowest BCUT2D eigenvalue weighted by Gasteiger charge is -2.27. The van der Waals surface area contributed by atoms with E-state index in [0.29, 0.717) is 11.1 Å². The number of phenolic OH excluding ortho intramolecular Hbond substituents is 1. The highest BCUT2D eigenvalue weighted by atomic mass is 35.5. The Bertz CT molecular complexity index is 635. The summed E-state index contributed by atoms with van der Waals surface area (Å²) in [6.45, 7) is 2.19. The van der Waals surface area contributed by atoms with E-state index in [1.54, 1.807) is 12.1 Å². The van der Waals surface area contributed by atoms with Crippen molar-refractivity contribution < 1.29 is 9.63 Å². The molecule has 7 heteroatoms. The summed E-state index contributed by atoms with van der Waals surface area (Å²) in [5, 5.41) is 14.7. The second-order valence-corrected chi connectivity index (χ2v) is 7.74. The van der Waals surface area contributed by atoms with Gasteiger partial charge in [-0.15, -0.1) is 11.8 Å². The van der Waals surface area contributed by atoms with Crippen molar-refractivity contribution in [2.45, 2.75) is 23.8 Å². The molecule has 1 aromatic heterocycles. The number of aromatic nitrogens is 2. The maximum atomic E-state index is 9.46. The lowest BCUT2D eigenvalue weighted by atomic mass is 10.2. The van der Waals surface area contributed by atoms with Gasteiger partial charge in [-0.1, -0.05) is 23.7 Å². The molecule has 21 heavy (non-hydrogen) atoms. The topological polar surface area (TPSA) is 59.2 Å². The van der Waals surface area contributed by atoms with Crippen LogP contribution in [0.2, 0.25) is 5.02 Å². The van der Waals surface area contributed by atoms with Crippen LogP contribution < -0.4 is 0 Å². The molecule has 1 aromatic carbocycles. The molecule has 0 amide bonds. The van der Waals surface area contributed by atoms with Crippen molar-refractivity contribution in [1.82, 2.24) is 10.1 Å².